The molecule has 2 aromatic rings. The lowest BCUT2D eigenvalue weighted by atomic mass is 10.1. The van der Waals surface area contributed by atoms with Gasteiger partial charge in [0.1, 0.15) is 5.82 Å². The minimum atomic E-state index is -4.04. The third-order valence-electron chi connectivity index (χ3n) is 4.84. The van der Waals surface area contributed by atoms with Crippen LogP contribution < -0.4 is 0 Å². The third-order valence-corrected chi connectivity index (χ3v) is 6.78. The van der Waals surface area contributed by atoms with E-state index in [1.54, 1.807) is 18.2 Å². The van der Waals surface area contributed by atoms with Crippen molar-refractivity contribution in [3.05, 3.63) is 70.0 Å². The van der Waals surface area contributed by atoms with Gasteiger partial charge in [0.2, 0.25) is 15.9 Å². The molecule has 0 bridgehead atoms. The van der Waals surface area contributed by atoms with Crippen LogP contribution in [0.2, 0.25) is 0 Å². The van der Waals surface area contributed by atoms with Crippen molar-refractivity contribution in [1.29, 1.82) is 0 Å². The molecule has 0 unspecified atom stereocenters. The minimum absolute atomic E-state index is 0.0415. The summed E-state index contributed by atoms with van der Waals surface area (Å²) < 4.78 is 40.4. The van der Waals surface area contributed by atoms with Crippen LogP contribution in [0.5, 0.6) is 0 Å². The average Bonchev–Trinajstić information content (AvgIpc) is 2.73. The van der Waals surface area contributed by atoms with Gasteiger partial charge in [-0.15, -0.1) is 0 Å². The van der Waals surface area contributed by atoms with Gasteiger partial charge in [-0.1, -0.05) is 30.3 Å². The summed E-state index contributed by atoms with van der Waals surface area (Å²) >= 11 is 0. The molecule has 8 nitrogen and oxygen atoms in total. The topological polar surface area (TPSA) is 101 Å². The van der Waals surface area contributed by atoms with E-state index in [9.17, 15) is 27.7 Å². The first-order chi connectivity index (χ1) is 13.8. The number of aryl methyl sites for hydroxylation is 1. The van der Waals surface area contributed by atoms with Gasteiger partial charge in [0.25, 0.3) is 5.69 Å². The fraction of sp³-hybridized carbons (Fsp3) is 0.316. The van der Waals surface area contributed by atoms with E-state index in [1.807, 2.05) is 0 Å². The summed E-state index contributed by atoms with van der Waals surface area (Å²) in [4.78, 5) is 24.0. The maximum atomic E-state index is 13.7. The van der Waals surface area contributed by atoms with E-state index >= 15 is 0 Å². The van der Waals surface area contributed by atoms with Crippen molar-refractivity contribution in [2.24, 2.45) is 0 Å². The van der Waals surface area contributed by atoms with Gasteiger partial charge in [0.05, 0.1) is 4.92 Å². The van der Waals surface area contributed by atoms with Crippen LogP contribution in [0.1, 0.15) is 12.0 Å². The van der Waals surface area contributed by atoms with E-state index in [-0.39, 0.29) is 55.6 Å². The van der Waals surface area contributed by atoms with Crippen LogP contribution in [0.15, 0.2) is 53.4 Å². The summed E-state index contributed by atoms with van der Waals surface area (Å²) in [5.41, 5.74) is -0.0191. The molecule has 0 saturated carbocycles. The smallest absolute Gasteiger partial charge is 0.289 e. The quantitative estimate of drug-likeness (QED) is 0.526. The van der Waals surface area contributed by atoms with Crippen molar-refractivity contribution in [2.75, 3.05) is 26.2 Å². The second-order valence-corrected chi connectivity index (χ2v) is 8.51. The molecule has 0 aliphatic carbocycles. The van der Waals surface area contributed by atoms with Crippen molar-refractivity contribution in [1.82, 2.24) is 9.21 Å². The minimum Gasteiger partial charge on any atom is -0.340 e. The number of piperazine rings is 1. The molecular formula is C19H20FN3O5S. The van der Waals surface area contributed by atoms with E-state index in [4.69, 9.17) is 0 Å². The molecule has 1 aliphatic heterocycles. The highest BCUT2D eigenvalue weighted by molar-refractivity contribution is 7.89. The molecule has 2 aromatic carbocycles. The van der Waals surface area contributed by atoms with Crippen molar-refractivity contribution >= 4 is 21.6 Å². The van der Waals surface area contributed by atoms with Crippen LogP contribution in [-0.2, 0) is 21.2 Å². The van der Waals surface area contributed by atoms with Gasteiger partial charge in [0, 0.05) is 38.7 Å². The molecule has 1 aliphatic rings. The second-order valence-electron chi connectivity index (χ2n) is 6.60. The number of hydrogen-bond donors (Lipinski definition) is 0. The summed E-state index contributed by atoms with van der Waals surface area (Å²) in [5.74, 6) is -0.545. The Balaban J connectivity index is 1.62. The number of amides is 1. The van der Waals surface area contributed by atoms with E-state index in [2.05, 4.69) is 0 Å². The predicted octanol–water partition coefficient (Wildman–Crippen LogP) is 2.20. The first kappa shape index (κ1) is 20.9. The first-order valence-corrected chi connectivity index (χ1v) is 10.5. The van der Waals surface area contributed by atoms with Crippen LogP contribution in [0, 0.1) is 15.9 Å². The Bertz CT molecular complexity index is 1020. The molecule has 1 heterocycles. The summed E-state index contributed by atoms with van der Waals surface area (Å²) in [6.45, 7) is 0.436. The predicted molar refractivity (Wildman–Crippen MR) is 103 cm³/mol. The molecule has 29 heavy (non-hydrogen) atoms. The fourth-order valence-corrected chi connectivity index (χ4v) is 4.82. The van der Waals surface area contributed by atoms with Gasteiger partial charge < -0.3 is 4.90 Å². The van der Waals surface area contributed by atoms with E-state index in [0.717, 1.165) is 10.4 Å². The van der Waals surface area contributed by atoms with Gasteiger partial charge in [-0.2, -0.15) is 4.31 Å². The van der Waals surface area contributed by atoms with E-state index in [1.165, 1.54) is 29.2 Å². The number of carbonyl (C=O) groups excluding carboxylic acids is 1. The summed E-state index contributed by atoms with van der Waals surface area (Å²) in [5, 5.41) is 11.1. The summed E-state index contributed by atoms with van der Waals surface area (Å²) in [6.07, 6.45) is 0.387. The normalized spacial score (nSPS) is 15.3. The third kappa shape index (κ3) is 4.60. The molecule has 1 amide bonds. The number of nitro benzene ring substituents is 1. The lowest BCUT2D eigenvalue weighted by Gasteiger charge is -2.34. The average molecular weight is 421 g/mol. The van der Waals surface area contributed by atoms with Crippen molar-refractivity contribution in [2.45, 2.75) is 17.7 Å². The Kier molecular flexibility index (Phi) is 6.23. The van der Waals surface area contributed by atoms with Crippen LogP contribution in [0.4, 0.5) is 10.1 Å². The molecule has 3 rings (SSSR count). The Morgan fingerprint density at radius 1 is 1.03 bits per heavy atom. The van der Waals surface area contributed by atoms with Gasteiger partial charge in [-0.3, -0.25) is 14.9 Å². The van der Waals surface area contributed by atoms with Crippen molar-refractivity contribution in [3.63, 3.8) is 0 Å². The van der Waals surface area contributed by atoms with Crippen molar-refractivity contribution < 1.29 is 22.5 Å². The molecule has 0 spiro atoms. The summed E-state index contributed by atoms with van der Waals surface area (Å²) in [6, 6.07) is 11.4. The number of carbonyl (C=O) groups is 1. The van der Waals surface area contributed by atoms with Crippen LogP contribution in [0.25, 0.3) is 0 Å². The lowest BCUT2D eigenvalue weighted by Crippen LogP contribution is -2.50. The molecule has 0 radical (unpaired) electrons. The molecule has 0 atom stereocenters. The molecular weight excluding hydrogens is 401 g/mol. The Labute approximate surface area is 167 Å². The zero-order valence-electron chi connectivity index (χ0n) is 15.5. The highest BCUT2D eigenvalue weighted by Gasteiger charge is 2.34. The van der Waals surface area contributed by atoms with Gasteiger partial charge >= 0.3 is 0 Å². The SMILES string of the molecule is O=C(CCc1ccccc1F)N1CCN(S(=O)(=O)c2ccccc2[N+](=O)[O-])CC1. The summed E-state index contributed by atoms with van der Waals surface area (Å²) in [7, 11) is -4.04. The number of rotatable bonds is 6. The maximum Gasteiger partial charge on any atom is 0.289 e. The second kappa shape index (κ2) is 8.66. The Hall–Kier alpha value is -2.85. The molecule has 1 saturated heterocycles. The molecule has 10 heteroatoms. The zero-order valence-corrected chi connectivity index (χ0v) is 16.3. The van der Waals surface area contributed by atoms with Crippen LogP contribution >= 0.6 is 0 Å². The zero-order chi connectivity index (χ0) is 21.0. The highest BCUT2D eigenvalue weighted by atomic mass is 32.2. The standard InChI is InChI=1S/C19H20FN3O5S/c20-16-6-2-1-5-15(16)9-10-19(24)21-11-13-22(14-12-21)29(27,28)18-8-4-3-7-17(18)23(25)26/h1-8H,9-14H2. The van der Waals surface area contributed by atoms with E-state index < -0.39 is 20.6 Å². The number of halogens is 1. The molecule has 0 N–H and O–H groups in total. The molecule has 154 valence electrons. The highest BCUT2D eigenvalue weighted by Crippen LogP contribution is 2.27. The van der Waals surface area contributed by atoms with Gasteiger partial charge in [0.15, 0.2) is 4.90 Å². The number of hydrogen-bond acceptors (Lipinski definition) is 5. The van der Waals surface area contributed by atoms with Gasteiger partial charge in [-0.05, 0) is 24.1 Å². The number of para-hydroxylation sites is 1. The van der Waals surface area contributed by atoms with E-state index in [0.29, 0.717) is 5.56 Å². The Morgan fingerprint density at radius 2 is 1.66 bits per heavy atom. The van der Waals surface area contributed by atoms with Crippen LogP contribution in [-0.4, -0.2) is 54.6 Å². The molecule has 0 aromatic heterocycles. The number of benzene rings is 2. The molecule has 1 fully saturated rings. The van der Waals surface area contributed by atoms with Crippen LogP contribution in [0.3, 0.4) is 0 Å². The Morgan fingerprint density at radius 3 is 2.31 bits per heavy atom. The number of nitrogens with zero attached hydrogens (tertiary/aromatic N) is 3. The largest absolute Gasteiger partial charge is 0.340 e. The number of nitro groups is 1. The monoisotopic (exact) mass is 421 g/mol. The van der Waals surface area contributed by atoms with Gasteiger partial charge in [-0.25, -0.2) is 12.8 Å². The lowest BCUT2D eigenvalue weighted by molar-refractivity contribution is -0.387. The maximum absolute atomic E-state index is 13.7. The first-order valence-electron chi connectivity index (χ1n) is 9.05. The van der Waals surface area contributed by atoms with Crippen molar-refractivity contribution in [3.8, 4) is 0 Å². The number of sulfonamides is 1. The fourth-order valence-electron chi connectivity index (χ4n) is 3.24.